The third-order valence-electron chi connectivity index (χ3n) is 20.4. The highest BCUT2D eigenvalue weighted by Crippen LogP contribution is 2.52. The van der Waals surface area contributed by atoms with Crippen molar-refractivity contribution in [3.8, 4) is 22.9 Å². The molecule has 1 saturated carbocycles. The van der Waals surface area contributed by atoms with Crippen LogP contribution < -0.4 is 25.4 Å². The Kier molecular flexibility index (Phi) is 15.0. The number of rotatable bonds is 14. The highest BCUT2D eigenvalue weighted by Gasteiger charge is 2.52. The number of fused-ring (bicyclic) bond motifs is 4. The lowest BCUT2D eigenvalue weighted by molar-refractivity contribution is -0.135. The minimum absolute atomic E-state index is 0.00300. The molecule has 0 bridgehead atoms. The van der Waals surface area contributed by atoms with Crippen LogP contribution in [0.1, 0.15) is 127 Å². The third kappa shape index (κ3) is 10.2. The molecule has 3 aromatic heterocycles. The van der Waals surface area contributed by atoms with Crippen molar-refractivity contribution >= 4 is 56.3 Å². The number of anilines is 1. The molecule has 84 heavy (non-hydrogen) atoms. The Labute approximate surface area is 487 Å². The number of carbonyl (C=O) groups is 3. The number of imidazole rings is 1. The number of likely N-dealkylation sites (tertiary alicyclic amines) is 2. The van der Waals surface area contributed by atoms with Crippen LogP contribution in [-0.2, 0) is 32.5 Å². The second kappa shape index (κ2) is 22.3. The summed E-state index contributed by atoms with van der Waals surface area (Å²) >= 11 is 0. The van der Waals surface area contributed by atoms with Crippen molar-refractivity contribution in [3.05, 3.63) is 88.0 Å². The van der Waals surface area contributed by atoms with Crippen molar-refractivity contribution in [2.45, 2.75) is 145 Å². The van der Waals surface area contributed by atoms with Crippen molar-refractivity contribution in [1.82, 2.24) is 39.1 Å². The molecule has 3 amide bonds. The maximum Gasteiger partial charge on any atom is 0.409 e. The van der Waals surface area contributed by atoms with Gasteiger partial charge in [-0.25, -0.2) is 23.4 Å². The number of aryl methyl sites for hydroxylation is 2. The average Bonchev–Trinajstić information content (AvgIpc) is 2.25. The molecule has 3 aromatic carbocycles. The van der Waals surface area contributed by atoms with Crippen LogP contribution in [0.2, 0.25) is 0 Å². The smallest absolute Gasteiger partial charge is 0.409 e. The number of aliphatic hydroxyl groups is 1. The molecule has 0 radical (unpaired) electrons. The van der Waals surface area contributed by atoms with E-state index in [1.54, 1.807) is 40.6 Å². The molecule has 4 atom stereocenters. The average molecular weight is 1150 g/mol. The normalized spacial score (nSPS) is 25.2. The lowest BCUT2D eigenvalue weighted by Gasteiger charge is -2.56. The van der Waals surface area contributed by atoms with Gasteiger partial charge < -0.3 is 38.8 Å². The monoisotopic (exact) mass is 1150 g/mol. The van der Waals surface area contributed by atoms with Gasteiger partial charge in [-0.2, -0.15) is 0 Å². The van der Waals surface area contributed by atoms with E-state index in [1.807, 2.05) is 30.9 Å². The second-order valence-corrected chi connectivity index (χ2v) is 25.5. The van der Waals surface area contributed by atoms with Crippen molar-refractivity contribution in [3.63, 3.8) is 0 Å². The van der Waals surface area contributed by atoms with Gasteiger partial charge in [0.1, 0.15) is 42.0 Å². The van der Waals surface area contributed by atoms with E-state index in [0.717, 1.165) is 95.8 Å². The van der Waals surface area contributed by atoms with Crippen molar-refractivity contribution < 1.29 is 47.2 Å². The summed E-state index contributed by atoms with van der Waals surface area (Å²) in [4.78, 5) is 70.3. The first kappa shape index (κ1) is 56.4. The molecule has 7 fully saturated rings. The Balaban J connectivity index is 0.632. The van der Waals surface area contributed by atoms with Crippen LogP contribution in [0, 0.1) is 17.0 Å². The third-order valence-corrected chi connectivity index (χ3v) is 20.4. The summed E-state index contributed by atoms with van der Waals surface area (Å²) in [5.74, 6) is -0.750. The highest BCUT2D eigenvalue weighted by molar-refractivity contribution is 6.02. The Morgan fingerprint density at radius 1 is 0.881 bits per heavy atom. The number of halogens is 2. The zero-order valence-electron chi connectivity index (χ0n) is 48.7. The van der Waals surface area contributed by atoms with Gasteiger partial charge in [-0.3, -0.25) is 33.9 Å². The van der Waals surface area contributed by atoms with Gasteiger partial charge in [0.25, 0.3) is 0 Å². The zero-order valence-corrected chi connectivity index (χ0v) is 48.7. The van der Waals surface area contributed by atoms with E-state index in [2.05, 4.69) is 32.1 Å². The van der Waals surface area contributed by atoms with Crippen LogP contribution in [0.3, 0.4) is 0 Å². The number of pyridine rings is 2. The molecule has 1 spiro atoms. The van der Waals surface area contributed by atoms with E-state index in [4.69, 9.17) is 28.9 Å². The molecule has 7 aliphatic rings. The number of hydrogen-bond donors (Lipinski definition) is 2. The van der Waals surface area contributed by atoms with Gasteiger partial charge in [0.05, 0.1) is 27.9 Å². The minimum Gasteiger partial charge on any atom is -0.476 e. The van der Waals surface area contributed by atoms with Gasteiger partial charge in [0, 0.05) is 82.1 Å². The van der Waals surface area contributed by atoms with Gasteiger partial charge in [-0.15, -0.1) is 0 Å². The van der Waals surface area contributed by atoms with E-state index in [-0.39, 0.29) is 65.0 Å². The number of imide groups is 1. The van der Waals surface area contributed by atoms with E-state index in [1.165, 1.54) is 18.7 Å². The van der Waals surface area contributed by atoms with E-state index < -0.39 is 29.2 Å². The number of carbonyl (C=O) groups excluding carboxylic acids is 3. The number of β-amino-alcohol motifs (C(OH)–C–C–N with tert-alkyl or cyclic N) is 1. The SMILES string of the molecule is CCc1c(F)ccc2cc(OCOC)cc(-c3ncc4c(N5CCC[C@@](C)(O)C5)cc(OC[C@@]56CCCN5[C@H](COC(=O)N5CCC7(CC5)CC(N5CCC(c8ccc9c(c8)n(C)c(=O)n9C8CCC(=O)NC8=O)CC5)C7)CC6)nc4c3F)c12. The van der Waals surface area contributed by atoms with Crippen LogP contribution in [0.4, 0.5) is 19.3 Å². The molecule has 446 valence electrons. The number of nitrogens with one attached hydrogen (secondary N) is 1. The number of methoxy groups -OCH3 is 1. The van der Waals surface area contributed by atoms with Gasteiger partial charge in [0.2, 0.25) is 17.7 Å². The molecule has 13 rings (SSSR count). The Bertz CT molecular complexity index is 3620. The molecule has 6 aromatic rings. The topological polar surface area (TPSA) is 186 Å². The Hall–Kier alpha value is -6.74. The van der Waals surface area contributed by atoms with Gasteiger partial charge in [-0.05, 0) is 180 Å². The molecular weight excluding hydrogens is 1080 g/mol. The fourth-order valence-corrected chi connectivity index (χ4v) is 15.8. The maximum atomic E-state index is 17.6. The van der Waals surface area contributed by atoms with Crippen LogP contribution in [0.25, 0.3) is 44.0 Å². The number of ether oxygens (including phenoxy) is 4. The van der Waals surface area contributed by atoms with Crippen LogP contribution >= 0.6 is 0 Å². The predicted octanol–water partition coefficient (Wildman–Crippen LogP) is 8.89. The summed E-state index contributed by atoms with van der Waals surface area (Å²) in [6, 6.07) is 14.4. The number of amides is 3. The fourth-order valence-electron chi connectivity index (χ4n) is 15.8. The van der Waals surface area contributed by atoms with Crippen molar-refractivity contribution in [1.29, 1.82) is 0 Å². The summed E-state index contributed by atoms with van der Waals surface area (Å²) < 4.78 is 60.1. The molecule has 1 aliphatic carbocycles. The molecule has 20 heteroatoms. The first-order chi connectivity index (χ1) is 40.5. The Morgan fingerprint density at radius 2 is 1.68 bits per heavy atom. The summed E-state index contributed by atoms with van der Waals surface area (Å²) in [6.07, 6.45) is 13.5. The van der Waals surface area contributed by atoms with Gasteiger partial charge in [-0.1, -0.05) is 19.1 Å². The number of benzene rings is 3. The van der Waals surface area contributed by atoms with Crippen molar-refractivity contribution in [2.75, 3.05) is 77.8 Å². The number of nitrogens with zero attached hydrogens (tertiary/aromatic N) is 8. The van der Waals surface area contributed by atoms with Gasteiger partial charge in [0.15, 0.2) is 12.6 Å². The first-order valence-electron chi connectivity index (χ1n) is 30.5. The summed E-state index contributed by atoms with van der Waals surface area (Å²) in [5, 5.41) is 15.3. The fraction of sp³-hybridized carbons (Fsp3) is 0.562. The van der Waals surface area contributed by atoms with Crippen LogP contribution in [-0.4, -0.2) is 153 Å². The minimum atomic E-state index is -0.960. The second-order valence-electron chi connectivity index (χ2n) is 25.5. The van der Waals surface area contributed by atoms with Crippen LogP contribution in [0.15, 0.2) is 59.5 Å². The van der Waals surface area contributed by atoms with Gasteiger partial charge >= 0.3 is 11.8 Å². The molecule has 9 heterocycles. The first-order valence-corrected chi connectivity index (χ1v) is 30.5. The standard InChI is InChI=1S/C64H77F2N9O9/c1-5-45-48(65)10-8-41-28-44(84-38-81-4)30-46(55(41)45)57-56(66)58-47(34-67-57)51(73-22-6-17-62(2,80)36-73)31-54(69-58)83-37-64-18-7-23-74(64)42(14-19-64)35-82-61(79)72-26-20-63(21-27-72)32-43(33-63)71-24-15-39(16-25-71)40-9-11-49-52(29-40)70(3)60(78)75(49)50-12-13-53(76)68-59(50)77/h8-11,28-31,34,39,42-43,50,80H,5-7,12-27,32-33,35-38H2,1-4H3,(H,68,76,77)/t42-,50?,62+,64-/m0/s1. The van der Waals surface area contributed by atoms with Crippen molar-refractivity contribution in [2.24, 2.45) is 12.5 Å². The molecule has 2 N–H and O–H groups in total. The van der Waals surface area contributed by atoms with E-state index in [9.17, 15) is 24.3 Å². The quantitative estimate of drug-likeness (QED) is 0.0778. The summed E-state index contributed by atoms with van der Waals surface area (Å²) in [7, 11) is 3.26. The van der Waals surface area contributed by atoms with Crippen LogP contribution in [0.5, 0.6) is 11.6 Å². The molecule has 6 aliphatic heterocycles. The lowest BCUT2D eigenvalue weighted by atomic mass is 9.59. The lowest BCUT2D eigenvalue weighted by Crippen LogP contribution is -2.56. The zero-order chi connectivity index (χ0) is 58.2. The summed E-state index contributed by atoms with van der Waals surface area (Å²) in [5.41, 5.74) is 2.99. The number of hydrogen-bond acceptors (Lipinski definition) is 14. The molecule has 1 unspecified atom stereocenters. The van der Waals surface area contributed by atoms with E-state index >= 15 is 8.78 Å². The molecule has 18 nitrogen and oxygen atoms in total. The molecule has 6 saturated heterocycles. The Morgan fingerprint density at radius 3 is 2.44 bits per heavy atom. The summed E-state index contributed by atoms with van der Waals surface area (Å²) in [6.45, 7) is 9.48. The number of piperidine rings is 4. The predicted molar refractivity (Wildman–Crippen MR) is 313 cm³/mol. The maximum absolute atomic E-state index is 17.6. The number of aromatic nitrogens is 4. The molecular formula is C64H77F2N9O9. The largest absolute Gasteiger partial charge is 0.476 e. The van der Waals surface area contributed by atoms with E-state index in [0.29, 0.717) is 115 Å². The highest BCUT2D eigenvalue weighted by atomic mass is 19.1.